The van der Waals surface area contributed by atoms with E-state index in [1.165, 1.54) is 31.3 Å². The number of hydrogen-bond donors (Lipinski definition) is 2. The molecule has 1 saturated heterocycles. The number of aromatic nitrogens is 1. The van der Waals surface area contributed by atoms with Crippen LogP contribution in [-0.2, 0) is 9.59 Å². The molecule has 0 radical (unpaired) electrons. The standard InChI is InChI=1S/C29H26ClN3O5/c1-32(2)16-9-11-17(12-10-16)33-26(20-15-31-22-8-6-5-7-18(20)22)25(28(35)29(33)36)27(34)19-13-24(38-4)21(30)14-23(19)37-3/h5-15,26,31,34H,1-4H3/b27-25+. The van der Waals surface area contributed by atoms with E-state index in [2.05, 4.69) is 4.98 Å². The van der Waals surface area contributed by atoms with Gasteiger partial charge in [0.05, 0.1) is 36.4 Å². The van der Waals surface area contributed by atoms with E-state index in [1.807, 2.05) is 55.4 Å². The molecule has 1 aliphatic heterocycles. The summed E-state index contributed by atoms with van der Waals surface area (Å²) in [5.74, 6) is -1.44. The molecule has 1 aromatic heterocycles. The fraction of sp³-hybridized carbons (Fsp3) is 0.172. The van der Waals surface area contributed by atoms with Gasteiger partial charge in [-0.1, -0.05) is 29.8 Å². The number of rotatable bonds is 6. The normalized spacial score (nSPS) is 16.8. The van der Waals surface area contributed by atoms with E-state index in [0.29, 0.717) is 11.3 Å². The van der Waals surface area contributed by atoms with Gasteiger partial charge in [0.1, 0.15) is 17.3 Å². The number of aromatic amines is 1. The van der Waals surface area contributed by atoms with Gasteiger partial charge in [0, 0.05) is 54.2 Å². The molecule has 5 rings (SSSR count). The molecule has 2 N–H and O–H groups in total. The lowest BCUT2D eigenvalue weighted by molar-refractivity contribution is -0.132. The predicted octanol–water partition coefficient (Wildman–Crippen LogP) is 5.53. The zero-order chi connectivity index (χ0) is 27.1. The molecule has 1 unspecified atom stereocenters. The maximum atomic E-state index is 13.6. The van der Waals surface area contributed by atoms with Crippen LogP contribution in [0.2, 0.25) is 5.02 Å². The summed E-state index contributed by atoms with van der Waals surface area (Å²) >= 11 is 6.27. The van der Waals surface area contributed by atoms with Crippen molar-refractivity contribution in [1.29, 1.82) is 0 Å². The van der Waals surface area contributed by atoms with E-state index >= 15 is 0 Å². The molecule has 1 fully saturated rings. The third kappa shape index (κ3) is 4.03. The number of nitrogens with one attached hydrogen (secondary N) is 1. The molecule has 1 amide bonds. The van der Waals surface area contributed by atoms with Crippen LogP contribution in [0, 0.1) is 0 Å². The Balaban J connectivity index is 1.78. The van der Waals surface area contributed by atoms with Crippen molar-refractivity contribution < 1.29 is 24.2 Å². The number of halogens is 1. The van der Waals surface area contributed by atoms with Crippen molar-refractivity contribution in [1.82, 2.24) is 4.98 Å². The first-order chi connectivity index (χ1) is 18.3. The number of para-hydroxylation sites is 1. The lowest BCUT2D eigenvalue weighted by Gasteiger charge is -2.26. The number of aliphatic hydroxyl groups excluding tert-OH is 1. The summed E-state index contributed by atoms with van der Waals surface area (Å²) in [6.45, 7) is 0. The number of ketones is 1. The molecule has 8 nitrogen and oxygen atoms in total. The number of carbonyl (C=O) groups is 2. The minimum Gasteiger partial charge on any atom is -0.507 e. The first kappa shape index (κ1) is 25.2. The fourth-order valence-corrected chi connectivity index (χ4v) is 5.05. The topological polar surface area (TPSA) is 95.1 Å². The number of ether oxygens (including phenoxy) is 2. The molecule has 4 aromatic rings. The summed E-state index contributed by atoms with van der Waals surface area (Å²) in [5.41, 5.74) is 3.07. The van der Waals surface area contributed by atoms with Gasteiger partial charge in [0.15, 0.2) is 0 Å². The molecule has 1 atom stereocenters. The van der Waals surface area contributed by atoms with Crippen LogP contribution in [0.3, 0.4) is 0 Å². The van der Waals surface area contributed by atoms with Gasteiger partial charge in [-0.05, 0) is 36.4 Å². The van der Waals surface area contributed by atoms with Gasteiger partial charge in [-0.25, -0.2) is 0 Å². The first-order valence-electron chi connectivity index (χ1n) is 11.8. The number of methoxy groups -OCH3 is 2. The van der Waals surface area contributed by atoms with Crippen LogP contribution in [0.4, 0.5) is 11.4 Å². The minimum absolute atomic E-state index is 0.0703. The molecular weight excluding hydrogens is 506 g/mol. The number of benzene rings is 3. The highest BCUT2D eigenvalue weighted by Gasteiger charge is 2.48. The molecule has 2 heterocycles. The van der Waals surface area contributed by atoms with Crippen LogP contribution in [0.5, 0.6) is 11.5 Å². The van der Waals surface area contributed by atoms with Gasteiger partial charge < -0.3 is 24.5 Å². The average molecular weight is 532 g/mol. The number of carbonyl (C=O) groups excluding carboxylic acids is 2. The Labute approximate surface area is 224 Å². The summed E-state index contributed by atoms with van der Waals surface area (Å²) in [6.07, 6.45) is 1.76. The summed E-state index contributed by atoms with van der Waals surface area (Å²) in [6, 6.07) is 17.0. The molecule has 1 aliphatic rings. The van der Waals surface area contributed by atoms with Crippen molar-refractivity contribution in [3.8, 4) is 11.5 Å². The third-order valence-corrected chi connectivity index (χ3v) is 7.03. The molecule has 0 bridgehead atoms. The highest BCUT2D eigenvalue weighted by Crippen LogP contribution is 2.46. The Morgan fingerprint density at radius 1 is 1.00 bits per heavy atom. The van der Waals surface area contributed by atoms with E-state index in [-0.39, 0.29) is 27.7 Å². The largest absolute Gasteiger partial charge is 0.507 e. The number of fused-ring (bicyclic) bond motifs is 1. The van der Waals surface area contributed by atoms with Crippen LogP contribution >= 0.6 is 11.6 Å². The number of Topliss-reactive ketones (excluding diaryl/α,β-unsaturated/α-hetero) is 1. The van der Waals surface area contributed by atoms with Crippen molar-refractivity contribution in [3.05, 3.63) is 88.6 Å². The minimum atomic E-state index is -0.914. The van der Waals surface area contributed by atoms with Crippen molar-refractivity contribution in [2.75, 3.05) is 38.1 Å². The number of nitrogens with zero attached hydrogens (tertiary/aromatic N) is 2. The van der Waals surface area contributed by atoms with E-state index in [4.69, 9.17) is 21.1 Å². The Morgan fingerprint density at radius 2 is 1.68 bits per heavy atom. The number of aliphatic hydroxyl groups is 1. The molecule has 38 heavy (non-hydrogen) atoms. The third-order valence-electron chi connectivity index (χ3n) is 6.73. The lowest BCUT2D eigenvalue weighted by atomic mass is 9.94. The van der Waals surface area contributed by atoms with E-state index < -0.39 is 23.5 Å². The number of anilines is 2. The van der Waals surface area contributed by atoms with Crippen LogP contribution < -0.4 is 19.3 Å². The van der Waals surface area contributed by atoms with Gasteiger partial charge in [-0.2, -0.15) is 0 Å². The summed E-state index contributed by atoms with van der Waals surface area (Å²) in [4.78, 5) is 33.8. The lowest BCUT2D eigenvalue weighted by Crippen LogP contribution is -2.29. The van der Waals surface area contributed by atoms with Gasteiger partial charge in [-0.15, -0.1) is 0 Å². The fourth-order valence-electron chi connectivity index (χ4n) is 4.82. The molecule has 3 aromatic carbocycles. The second-order valence-electron chi connectivity index (χ2n) is 9.06. The Hall–Kier alpha value is -4.43. The quantitative estimate of drug-likeness (QED) is 0.193. The van der Waals surface area contributed by atoms with Gasteiger partial charge >= 0.3 is 0 Å². The van der Waals surface area contributed by atoms with Gasteiger partial charge in [0.2, 0.25) is 0 Å². The second-order valence-corrected chi connectivity index (χ2v) is 9.46. The highest BCUT2D eigenvalue weighted by molar-refractivity contribution is 6.52. The average Bonchev–Trinajstić information content (AvgIpc) is 3.46. The van der Waals surface area contributed by atoms with Crippen molar-refractivity contribution in [2.45, 2.75) is 6.04 Å². The molecular formula is C29H26ClN3O5. The number of hydrogen-bond acceptors (Lipinski definition) is 6. The van der Waals surface area contributed by atoms with Gasteiger partial charge in [0.25, 0.3) is 11.7 Å². The van der Waals surface area contributed by atoms with Crippen LogP contribution in [0.15, 0.2) is 72.4 Å². The van der Waals surface area contributed by atoms with Crippen LogP contribution in [0.25, 0.3) is 16.7 Å². The van der Waals surface area contributed by atoms with Crippen molar-refractivity contribution in [2.24, 2.45) is 0 Å². The van der Waals surface area contributed by atoms with E-state index in [9.17, 15) is 14.7 Å². The molecule has 0 aliphatic carbocycles. The molecule has 9 heteroatoms. The Kier molecular flexibility index (Phi) is 6.50. The predicted molar refractivity (Wildman–Crippen MR) is 148 cm³/mol. The summed E-state index contributed by atoms with van der Waals surface area (Å²) in [5, 5.41) is 12.7. The Morgan fingerprint density at radius 3 is 2.34 bits per heavy atom. The number of H-pyrrole nitrogens is 1. The SMILES string of the molecule is COc1cc(/C(O)=C2\C(=O)C(=O)N(c3ccc(N(C)C)cc3)C2c2c[nH]c3ccccc23)c(OC)cc1Cl. The number of amides is 1. The monoisotopic (exact) mass is 531 g/mol. The van der Waals surface area contributed by atoms with E-state index in [0.717, 1.165) is 16.6 Å². The molecule has 0 spiro atoms. The molecule has 194 valence electrons. The highest BCUT2D eigenvalue weighted by atomic mass is 35.5. The van der Waals surface area contributed by atoms with Crippen molar-refractivity contribution in [3.63, 3.8) is 0 Å². The smallest absolute Gasteiger partial charge is 0.300 e. The Bertz CT molecular complexity index is 1590. The molecule has 0 saturated carbocycles. The zero-order valence-electron chi connectivity index (χ0n) is 21.3. The van der Waals surface area contributed by atoms with Crippen LogP contribution in [0.1, 0.15) is 17.2 Å². The summed E-state index contributed by atoms with van der Waals surface area (Å²) < 4.78 is 10.8. The van der Waals surface area contributed by atoms with Gasteiger partial charge in [-0.3, -0.25) is 14.5 Å². The maximum absolute atomic E-state index is 13.6. The zero-order valence-corrected chi connectivity index (χ0v) is 22.0. The van der Waals surface area contributed by atoms with E-state index in [1.54, 1.807) is 18.3 Å². The first-order valence-corrected chi connectivity index (χ1v) is 12.2. The van der Waals surface area contributed by atoms with Crippen LogP contribution in [-0.4, -0.2) is 50.1 Å². The summed E-state index contributed by atoms with van der Waals surface area (Å²) in [7, 11) is 6.71. The second kappa shape index (κ2) is 9.79. The maximum Gasteiger partial charge on any atom is 0.300 e. The van der Waals surface area contributed by atoms with Crippen molar-refractivity contribution >= 4 is 51.3 Å².